The van der Waals surface area contributed by atoms with E-state index in [1.54, 1.807) is 0 Å². The van der Waals surface area contributed by atoms with Gasteiger partial charge in [-0.3, -0.25) is 0 Å². The maximum absolute atomic E-state index is 5.97. The van der Waals surface area contributed by atoms with Crippen LogP contribution in [0.4, 0.5) is 0 Å². The Morgan fingerprint density at radius 3 is 2.00 bits per heavy atom. The Labute approximate surface area is 114 Å². The fourth-order valence-corrected chi connectivity index (χ4v) is 2.15. The second-order valence-corrected chi connectivity index (χ2v) is 6.07. The number of aryl methyl sites for hydroxylation is 1. The summed E-state index contributed by atoms with van der Waals surface area (Å²) in [5.74, 6) is 3.15. The molecule has 2 aromatic rings. The monoisotopic (exact) mass is 254 g/mol. The van der Waals surface area contributed by atoms with Gasteiger partial charge in [0.05, 0.1) is 0 Å². The standard InChI is InChI=1S/C17H18O2/c1-11-5-7-13-15(9-11)19-16-10-12(17(2,3)4)6-8-14(16)18-13/h5-10H,1-4H3. The molecule has 0 aromatic heterocycles. The molecule has 98 valence electrons. The molecule has 0 bridgehead atoms. The van der Waals surface area contributed by atoms with E-state index in [9.17, 15) is 0 Å². The van der Waals surface area contributed by atoms with Crippen molar-refractivity contribution in [2.24, 2.45) is 0 Å². The first-order chi connectivity index (χ1) is 8.93. The molecule has 2 heteroatoms. The zero-order chi connectivity index (χ0) is 13.6. The van der Waals surface area contributed by atoms with Gasteiger partial charge in [0.2, 0.25) is 0 Å². The molecule has 0 fully saturated rings. The normalized spacial score (nSPS) is 13.1. The molecule has 1 aliphatic rings. The minimum absolute atomic E-state index is 0.102. The van der Waals surface area contributed by atoms with E-state index < -0.39 is 0 Å². The summed E-state index contributed by atoms with van der Waals surface area (Å²) >= 11 is 0. The zero-order valence-corrected chi connectivity index (χ0v) is 11.8. The van der Waals surface area contributed by atoms with Crippen LogP contribution in [-0.4, -0.2) is 0 Å². The number of hydrogen-bond donors (Lipinski definition) is 0. The van der Waals surface area contributed by atoms with Gasteiger partial charge in [0.15, 0.2) is 23.0 Å². The summed E-state index contributed by atoms with van der Waals surface area (Å²) in [5.41, 5.74) is 2.51. The molecule has 0 spiro atoms. The van der Waals surface area contributed by atoms with Crippen molar-refractivity contribution in [3.63, 3.8) is 0 Å². The van der Waals surface area contributed by atoms with Crippen molar-refractivity contribution >= 4 is 0 Å². The third-order valence-corrected chi connectivity index (χ3v) is 3.35. The summed E-state index contributed by atoms with van der Waals surface area (Å²) in [6, 6.07) is 12.1. The van der Waals surface area contributed by atoms with Gasteiger partial charge in [-0.15, -0.1) is 0 Å². The van der Waals surface area contributed by atoms with E-state index in [2.05, 4.69) is 32.9 Å². The maximum atomic E-state index is 5.97. The van der Waals surface area contributed by atoms with Crippen molar-refractivity contribution in [1.29, 1.82) is 0 Å². The average molecular weight is 254 g/mol. The quantitative estimate of drug-likeness (QED) is 0.549. The first kappa shape index (κ1) is 12.1. The molecule has 1 aliphatic heterocycles. The Kier molecular flexibility index (Phi) is 2.56. The Hall–Kier alpha value is -1.96. The highest BCUT2D eigenvalue weighted by Gasteiger charge is 2.22. The van der Waals surface area contributed by atoms with Crippen molar-refractivity contribution in [1.82, 2.24) is 0 Å². The molecule has 3 rings (SSSR count). The first-order valence-corrected chi connectivity index (χ1v) is 6.54. The fourth-order valence-electron chi connectivity index (χ4n) is 2.15. The topological polar surface area (TPSA) is 18.5 Å². The van der Waals surface area contributed by atoms with Gasteiger partial charge >= 0.3 is 0 Å². The minimum Gasteiger partial charge on any atom is -0.450 e. The van der Waals surface area contributed by atoms with E-state index >= 15 is 0 Å². The summed E-state index contributed by atoms with van der Waals surface area (Å²) in [6.07, 6.45) is 0. The Morgan fingerprint density at radius 1 is 0.737 bits per heavy atom. The third kappa shape index (κ3) is 2.19. The smallest absolute Gasteiger partial charge is 0.170 e. The van der Waals surface area contributed by atoms with E-state index in [4.69, 9.17) is 9.47 Å². The molecular formula is C17H18O2. The lowest BCUT2D eigenvalue weighted by atomic mass is 9.87. The molecule has 2 nitrogen and oxygen atoms in total. The minimum atomic E-state index is 0.102. The SMILES string of the molecule is Cc1ccc2c(c1)Oc1cc(C(C)(C)C)ccc1O2. The lowest BCUT2D eigenvalue weighted by Crippen LogP contribution is -2.11. The van der Waals surface area contributed by atoms with E-state index in [0.717, 1.165) is 28.6 Å². The summed E-state index contributed by atoms with van der Waals surface area (Å²) in [7, 11) is 0. The van der Waals surface area contributed by atoms with Crippen LogP contribution in [0.15, 0.2) is 36.4 Å². The van der Waals surface area contributed by atoms with Crippen LogP contribution in [0.25, 0.3) is 0 Å². The van der Waals surface area contributed by atoms with Gasteiger partial charge in [-0.1, -0.05) is 32.9 Å². The Morgan fingerprint density at radius 2 is 1.32 bits per heavy atom. The van der Waals surface area contributed by atoms with Crippen LogP contribution in [-0.2, 0) is 5.41 Å². The largest absolute Gasteiger partial charge is 0.450 e. The molecule has 0 saturated carbocycles. The summed E-state index contributed by atoms with van der Waals surface area (Å²) < 4.78 is 11.8. The van der Waals surface area contributed by atoms with Crippen LogP contribution < -0.4 is 9.47 Å². The lowest BCUT2D eigenvalue weighted by molar-refractivity contribution is 0.358. The molecule has 0 atom stereocenters. The summed E-state index contributed by atoms with van der Waals surface area (Å²) in [5, 5.41) is 0. The van der Waals surface area contributed by atoms with Crippen LogP contribution in [0.3, 0.4) is 0 Å². The summed E-state index contributed by atoms with van der Waals surface area (Å²) in [6.45, 7) is 8.62. The van der Waals surface area contributed by atoms with E-state index in [1.807, 2.05) is 31.2 Å². The van der Waals surface area contributed by atoms with Crippen LogP contribution in [0.5, 0.6) is 23.0 Å². The van der Waals surface area contributed by atoms with E-state index in [1.165, 1.54) is 5.56 Å². The number of fused-ring (bicyclic) bond motifs is 2. The van der Waals surface area contributed by atoms with Gasteiger partial charge in [-0.05, 0) is 47.7 Å². The van der Waals surface area contributed by atoms with Crippen molar-refractivity contribution in [3.05, 3.63) is 47.5 Å². The molecule has 1 heterocycles. The van der Waals surface area contributed by atoms with Crippen LogP contribution in [0.1, 0.15) is 31.9 Å². The highest BCUT2D eigenvalue weighted by molar-refractivity contribution is 5.56. The number of hydrogen-bond acceptors (Lipinski definition) is 2. The Bertz CT molecular complexity index is 636. The van der Waals surface area contributed by atoms with Gasteiger partial charge in [-0.2, -0.15) is 0 Å². The van der Waals surface area contributed by atoms with Gasteiger partial charge in [-0.25, -0.2) is 0 Å². The molecule has 0 unspecified atom stereocenters. The molecule has 0 aliphatic carbocycles. The van der Waals surface area contributed by atoms with E-state index in [-0.39, 0.29) is 5.41 Å². The predicted octanol–water partition coefficient (Wildman–Crippen LogP) is 5.19. The van der Waals surface area contributed by atoms with E-state index in [0.29, 0.717) is 0 Å². The van der Waals surface area contributed by atoms with Gasteiger partial charge in [0.25, 0.3) is 0 Å². The van der Waals surface area contributed by atoms with Gasteiger partial charge < -0.3 is 9.47 Å². The molecular weight excluding hydrogens is 236 g/mol. The molecule has 0 N–H and O–H groups in total. The number of benzene rings is 2. The molecule has 0 saturated heterocycles. The predicted molar refractivity (Wildman–Crippen MR) is 76.5 cm³/mol. The molecule has 0 amide bonds. The molecule has 2 aromatic carbocycles. The maximum Gasteiger partial charge on any atom is 0.170 e. The number of ether oxygens (including phenoxy) is 2. The molecule has 0 radical (unpaired) electrons. The van der Waals surface area contributed by atoms with Crippen LogP contribution in [0, 0.1) is 6.92 Å². The highest BCUT2D eigenvalue weighted by atomic mass is 16.6. The third-order valence-electron chi connectivity index (χ3n) is 3.35. The van der Waals surface area contributed by atoms with Crippen molar-refractivity contribution in [2.45, 2.75) is 33.1 Å². The summed E-state index contributed by atoms with van der Waals surface area (Å²) in [4.78, 5) is 0. The van der Waals surface area contributed by atoms with Crippen molar-refractivity contribution < 1.29 is 9.47 Å². The second kappa shape index (κ2) is 4.02. The Balaban J connectivity index is 2.03. The second-order valence-electron chi connectivity index (χ2n) is 6.07. The van der Waals surface area contributed by atoms with Crippen molar-refractivity contribution in [3.8, 4) is 23.0 Å². The fraction of sp³-hybridized carbons (Fsp3) is 0.294. The highest BCUT2D eigenvalue weighted by Crippen LogP contribution is 2.46. The van der Waals surface area contributed by atoms with Gasteiger partial charge in [0.1, 0.15) is 0 Å². The first-order valence-electron chi connectivity index (χ1n) is 6.54. The van der Waals surface area contributed by atoms with Crippen LogP contribution in [0.2, 0.25) is 0 Å². The van der Waals surface area contributed by atoms with Crippen LogP contribution >= 0.6 is 0 Å². The number of rotatable bonds is 0. The zero-order valence-electron chi connectivity index (χ0n) is 11.8. The lowest BCUT2D eigenvalue weighted by Gasteiger charge is -2.24. The van der Waals surface area contributed by atoms with Gasteiger partial charge in [0, 0.05) is 0 Å². The molecule has 19 heavy (non-hydrogen) atoms. The van der Waals surface area contributed by atoms with Crippen molar-refractivity contribution in [2.75, 3.05) is 0 Å². The average Bonchev–Trinajstić information content (AvgIpc) is 2.34.